The number of halogens is 1. The minimum Gasteiger partial charge on any atom is -0.438 e. The number of aliphatic hydroxyl groups excluding tert-OH is 1. The van der Waals surface area contributed by atoms with Crippen molar-refractivity contribution in [3.63, 3.8) is 0 Å². The van der Waals surface area contributed by atoms with Crippen LogP contribution in [0.5, 0.6) is 11.6 Å². The molecule has 2 aromatic heterocycles. The minimum atomic E-state index is -0.560. The smallest absolute Gasteiger partial charge is 0.231 e. The average Bonchev–Trinajstić information content (AvgIpc) is 3.08. The molecular formula is C20H15ClN2O2S. The van der Waals surface area contributed by atoms with Crippen molar-refractivity contribution in [1.82, 2.24) is 9.97 Å². The van der Waals surface area contributed by atoms with Gasteiger partial charge in [0.25, 0.3) is 0 Å². The zero-order valence-electron chi connectivity index (χ0n) is 13.9. The Balaban J connectivity index is 1.79. The van der Waals surface area contributed by atoms with Crippen molar-refractivity contribution in [1.29, 1.82) is 0 Å². The Morgan fingerprint density at radius 1 is 1.12 bits per heavy atom. The Hall–Kier alpha value is -2.47. The fourth-order valence-corrected chi connectivity index (χ4v) is 3.75. The van der Waals surface area contributed by atoms with Crippen molar-refractivity contribution in [3.05, 3.63) is 70.8 Å². The van der Waals surface area contributed by atoms with Crippen LogP contribution in [0, 0.1) is 0 Å². The molecular weight excluding hydrogens is 368 g/mol. The molecule has 0 fully saturated rings. The predicted molar refractivity (Wildman–Crippen MR) is 105 cm³/mol. The summed E-state index contributed by atoms with van der Waals surface area (Å²) >= 11 is 7.54. The van der Waals surface area contributed by atoms with Gasteiger partial charge in [0.15, 0.2) is 0 Å². The summed E-state index contributed by atoms with van der Waals surface area (Å²) < 4.78 is 6.05. The molecule has 0 aliphatic heterocycles. The molecule has 0 bridgehead atoms. The second-order valence-corrected chi connectivity index (χ2v) is 7.16. The van der Waals surface area contributed by atoms with Gasteiger partial charge in [0.2, 0.25) is 5.88 Å². The Morgan fingerprint density at radius 2 is 1.92 bits per heavy atom. The van der Waals surface area contributed by atoms with Crippen LogP contribution in [0.25, 0.3) is 21.3 Å². The Bertz CT molecular complexity index is 1060. The Labute approximate surface area is 159 Å². The van der Waals surface area contributed by atoms with Gasteiger partial charge < -0.3 is 9.84 Å². The molecule has 0 spiro atoms. The van der Waals surface area contributed by atoms with Crippen LogP contribution >= 0.6 is 22.9 Å². The number of hydrogen-bond donors (Lipinski definition) is 1. The number of aromatic nitrogens is 2. The molecule has 1 atom stereocenters. The molecule has 1 unspecified atom stereocenters. The van der Waals surface area contributed by atoms with Crippen LogP contribution in [0.1, 0.15) is 18.6 Å². The highest BCUT2D eigenvalue weighted by Crippen LogP contribution is 2.39. The largest absolute Gasteiger partial charge is 0.438 e. The molecule has 0 amide bonds. The lowest BCUT2D eigenvalue weighted by atomic mass is 10.1. The lowest BCUT2D eigenvalue weighted by Crippen LogP contribution is -1.94. The first kappa shape index (κ1) is 17.0. The highest BCUT2D eigenvalue weighted by molar-refractivity contribution is 7.17. The molecule has 0 aliphatic carbocycles. The van der Waals surface area contributed by atoms with E-state index in [1.807, 2.05) is 53.9 Å². The monoisotopic (exact) mass is 382 g/mol. The standard InChI is InChI=1S/C20H15ClN2O2S/c1-12(24)14-3-2-4-16(9-14)25-19-18-17(10-26-20(18)23-11-22-19)13-5-7-15(21)8-6-13/h2-12,24H,1H3. The van der Waals surface area contributed by atoms with Gasteiger partial charge in [-0.3, -0.25) is 0 Å². The summed E-state index contributed by atoms with van der Waals surface area (Å²) in [6.07, 6.45) is 0.938. The first-order chi connectivity index (χ1) is 12.6. The van der Waals surface area contributed by atoms with E-state index in [4.69, 9.17) is 16.3 Å². The minimum absolute atomic E-state index is 0.490. The number of hydrogen-bond acceptors (Lipinski definition) is 5. The number of thiophene rings is 1. The summed E-state index contributed by atoms with van der Waals surface area (Å²) in [5.74, 6) is 1.11. The lowest BCUT2D eigenvalue weighted by Gasteiger charge is -2.10. The van der Waals surface area contributed by atoms with Crippen LogP contribution in [-0.4, -0.2) is 15.1 Å². The van der Waals surface area contributed by atoms with E-state index in [1.54, 1.807) is 18.3 Å². The van der Waals surface area contributed by atoms with Crippen LogP contribution in [0.4, 0.5) is 0 Å². The molecule has 130 valence electrons. The van der Waals surface area contributed by atoms with E-state index in [2.05, 4.69) is 9.97 Å². The molecule has 2 aromatic carbocycles. The van der Waals surface area contributed by atoms with Gasteiger partial charge >= 0.3 is 0 Å². The molecule has 4 aromatic rings. The SMILES string of the molecule is CC(O)c1cccc(Oc2ncnc3scc(-c4ccc(Cl)cc4)c23)c1. The van der Waals surface area contributed by atoms with Crippen LogP contribution in [0.15, 0.2) is 60.2 Å². The van der Waals surface area contributed by atoms with Crippen molar-refractivity contribution in [2.75, 3.05) is 0 Å². The lowest BCUT2D eigenvalue weighted by molar-refractivity contribution is 0.199. The van der Waals surface area contributed by atoms with Gasteiger partial charge in [-0.15, -0.1) is 11.3 Å². The summed E-state index contributed by atoms with van der Waals surface area (Å²) in [5.41, 5.74) is 2.82. The molecule has 6 heteroatoms. The van der Waals surface area contributed by atoms with Crippen LogP contribution < -0.4 is 4.74 Å². The molecule has 4 nitrogen and oxygen atoms in total. The molecule has 0 aliphatic rings. The van der Waals surface area contributed by atoms with E-state index in [0.717, 1.165) is 26.9 Å². The van der Waals surface area contributed by atoms with Gasteiger partial charge in [-0.1, -0.05) is 35.9 Å². The summed E-state index contributed by atoms with van der Waals surface area (Å²) in [6, 6.07) is 15.0. The second-order valence-electron chi connectivity index (χ2n) is 5.87. The van der Waals surface area contributed by atoms with Gasteiger partial charge in [-0.2, -0.15) is 0 Å². The fraction of sp³-hybridized carbons (Fsp3) is 0.100. The van der Waals surface area contributed by atoms with Crippen LogP contribution in [-0.2, 0) is 0 Å². The van der Waals surface area contributed by atoms with E-state index in [9.17, 15) is 5.11 Å². The van der Waals surface area contributed by atoms with E-state index >= 15 is 0 Å². The van der Waals surface area contributed by atoms with E-state index in [1.165, 1.54) is 6.33 Å². The third-order valence-corrected chi connectivity index (χ3v) is 5.18. The molecule has 0 saturated carbocycles. The molecule has 1 N–H and O–H groups in total. The van der Waals surface area contributed by atoms with Crippen molar-refractivity contribution in [2.45, 2.75) is 13.0 Å². The maximum atomic E-state index is 9.78. The quantitative estimate of drug-likeness (QED) is 0.480. The van der Waals surface area contributed by atoms with Crippen molar-refractivity contribution >= 4 is 33.2 Å². The van der Waals surface area contributed by atoms with Gasteiger partial charge in [-0.25, -0.2) is 9.97 Å². The summed E-state index contributed by atoms with van der Waals surface area (Å²) in [5, 5.41) is 13.4. The van der Waals surface area contributed by atoms with E-state index < -0.39 is 6.10 Å². The fourth-order valence-electron chi connectivity index (χ4n) is 2.72. The van der Waals surface area contributed by atoms with Crippen LogP contribution in [0.2, 0.25) is 5.02 Å². The molecule has 0 saturated heterocycles. The van der Waals surface area contributed by atoms with Crippen molar-refractivity contribution in [3.8, 4) is 22.8 Å². The third kappa shape index (κ3) is 3.29. The summed E-state index contributed by atoms with van der Waals surface area (Å²) in [7, 11) is 0. The van der Waals surface area contributed by atoms with E-state index in [0.29, 0.717) is 16.7 Å². The highest BCUT2D eigenvalue weighted by Gasteiger charge is 2.15. The zero-order valence-corrected chi connectivity index (χ0v) is 15.5. The summed E-state index contributed by atoms with van der Waals surface area (Å²) in [4.78, 5) is 9.55. The van der Waals surface area contributed by atoms with E-state index in [-0.39, 0.29) is 0 Å². The molecule has 0 radical (unpaired) electrons. The second kappa shape index (κ2) is 7.03. The Kier molecular flexibility index (Phi) is 4.59. The number of nitrogens with zero attached hydrogens (tertiary/aromatic N) is 2. The Morgan fingerprint density at radius 3 is 2.69 bits per heavy atom. The first-order valence-corrected chi connectivity index (χ1v) is 9.31. The highest BCUT2D eigenvalue weighted by atomic mass is 35.5. The summed E-state index contributed by atoms with van der Waals surface area (Å²) in [6.45, 7) is 1.72. The number of benzene rings is 2. The van der Waals surface area contributed by atoms with Crippen molar-refractivity contribution < 1.29 is 9.84 Å². The maximum absolute atomic E-state index is 9.78. The molecule has 4 rings (SSSR count). The first-order valence-electron chi connectivity index (χ1n) is 8.06. The maximum Gasteiger partial charge on any atom is 0.231 e. The van der Waals surface area contributed by atoms with Gasteiger partial charge in [-0.05, 0) is 42.3 Å². The third-order valence-electron chi connectivity index (χ3n) is 4.05. The topological polar surface area (TPSA) is 55.2 Å². The number of rotatable bonds is 4. The normalized spacial score (nSPS) is 12.3. The average molecular weight is 383 g/mol. The predicted octanol–water partition coefficient (Wildman–Crippen LogP) is 5.86. The number of ether oxygens (including phenoxy) is 1. The number of aliphatic hydroxyl groups is 1. The van der Waals surface area contributed by atoms with Gasteiger partial charge in [0, 0.05) is 16.0 Å². The van der Waals surface area contributed by atoms with Gasteiger partial charge in [0.05, 0.1) is 11.5 Å². The van der Waals surface area contributed by atoms with Gasteiger partial charge in [0.1, 0.15) is 16.9 Å². The molecule has 26 heavy (non-hydrogen) atoms. The van der Waals surface area contributed by atoms with Crippen LogP contribution in [0.3, 0.4) is 0 Å². The zero-order chi connectivity index (χ0) is 18.1. The van der Waals surface area contributed by atoms with Crippen molar-refractivity contribution in [2.24, 2.45) is 0 Å². The molecule has 2 heterocycles. The number of fused-ring (bicyclic) bond motifs is 1.